The van der Waals surface area contributed by atoms with Gasteiger partial charge in [0.05, 0.1) is 0 Å². The molecule has 6 heteroatoms. The summed E-state index contributed by atoms with van der Waals surface area (Å²) in [6.45, 7) is 2.69. The van der Waals surface area contributed by atoms with Crippen LogP contribution in [0.5, 0.6) is 0 Å². The molecule has 0 fully saturated rings. The largest absolute Gasteiger partial charge is 0.480 e. The van der Waals surface area contributed by atoms with Crippen LogP contribution in [0.4, 0.5) is 0 Å². The van der Waals surface area contributed by atoms with E-state index in [4.69, 9.17) is 16.2 Å². The molecule has 2 atom stereocenters. The van der Waals surface area contributed by atoms with Gasteiger partial charge in [0.1, 0.15) is 6.04 Å². The minimum absolute atomic E-state index is 0. The summed E-state index contributed by atoms with van der Waals surface area (Å²) in [5.41, 5.74) is 5.33. The smallest absolute Gasteiger partial charge is 0.320 e. The second-order valence-electron chi connectivity index (χ2n) is 3.22. The molecule has 0 bridgehead atoms. The van der Waals surface area contributed by atoms with Crippen molar-refractivity contribution in [2.75, 3.05) is 6.54 Å². The van der Waals surface area contributed by atoms with Gasteiger partial charge in [0.25, 0.3) is 0 Å². The maximum atomic E-state index is 10.4. The van der Waals surface area contributed by atoms with Gasteiger partial charge in [0.2, 0.25) is 0 Å². The van der Waals surface area contributed by atoms with E-state index in [0.29, 0.717) is 13.0 Å². The Labute approximate surface area is 96.3 Å². The van der Waals surface area contributed by atoms with Gasteiger partial charge in [0.15, 0.2) is 0 Å². The Kier molecular flexibility index (Phi) is 11.1. The van der Waals surface area contributed by atoms with Crippen LogP contribution in [0.3, 0.4) is 0 Å². The molecule has 0 saturated carbocycles. The van der Waals surface area contributed by atoms with Crippen LogP contribution < -0.4 is 11.1 Å². The van der Waals surface area contributed by atoms with Crippen molar-refractivity contribution in [3.05, 3.63) is 0 Å². The summed E-state index contributed by atoms with van der Waals surface area (Å²) in [6, 6.07) is -0.673. The fraction of sp³-hybridized carbons (Fsp3) is 0.778. The molecule has 1 unspecified atom stereocenters. The molecule has 0 aromatic heterocycles. The third kappa shape index (κ3) is 8.35. The second kappa shape index (κ2) is 9.89. The standard InChI is InChI=1S/C9H19N3O2.ClH/c1-2-7(6-10)12-5-3-4-8(11)9(13)14;/h6-8,10,12H,2-5,11H2,1H3,(H,13,14);1H/t7-,8?;/m0./s1. The summed E-state index contributed by atoms with van der Waals surface area (Å²) in [5, 5.41) is 18.7. The Morgan fingerprint density at radius 1 is 1.67 bits per heavy atom. The lowest BCUT2D eigenvalue weighted by Crippen LogP contribution is -2.33. The number of halogens is 1. The first kappa shape index (κ1) is 16.8. The molecule has 0 amide bonds. The van der Waals surface area contributed by atoms with Gasteiger partial charge in [-0.25, -0.2) is 0 Å². The molecule has 0 aliphatic rings. The topological polar surface area (TPSA) is 99.2 Å². The van der Waals surface area contributed by atoms with Gasteiger partial charge in [-0.1, -0.05) is 6.92 Å². The van der Waals surface area contributed by atoms with Crippen LogP contribution >= 0.6 is 12.4 Å². The molecule has 15 heavy (non-hydrogen) atoms. The monoisotopic (exact) mass is 237 g/mol. The molecule has 0 aliphatic heterocycles. The van der Waals surface area contributed by atoms with Crippen molar-refractivity contribution in [3.63, 3.8) is 0 Å². The molecular formula is C9H20ClN3O2. The molecule has 0 saturated heterocycles. The molecule has 90 valence electrons. The van der Waals surface area contributed by atoms with E-state index >= 15 is 0 Å². The highest BCUT2D eigenvalue weighted by molar-refractivity contribution is 5.85. The van der Waals surface area contributed by atoms with Crippen molar-refractivity contribution in [1.82, 2.24) is 5.32 Å². The average Bonchev–Trinajstić information content (AvgIpc) is 2.17. The zero-order valence-corrected chi connectivity index (χ0v) is 9.72. The molecule has 0 heterocycles. The third-order valence-electron chi connectivity index (χ3n) is 2.06. The average molecular weight is 238 g/mol. The fourth-order valence-corrected chi connectivity index (χ4v) is 1.05. The van der Waals surface area contributed by atoms with Crippen LogP contribution in [-0.2, 0) is 4.79 Å². The number of carbonyl (C=O) groups is 1. The summed E-state index contributed by atoms with van der Waals surface area (Å²) in [4.78, 5) is 10.4. The van der Waals surface area contributed by atoms with E-state index in [1.54, 1.807) is 0 Å². The summed E-state index contributed by atoms with van der Waals surface area (Å²) < 4.78 is 0. The Morgan fingerprint density at radius 2 is 2.27 bits per heavy atom. The minimum Gasteiger partial charge on any atom is -0.480 e. The first-order chi connectivity index (χ1) is 6.61. The van der Waals surface area contributed by atoms with Gasteiger partial charge in [-0.3, -0.25) is 4.79 Å². The van der Waals surface area contributed by atoms with Crippen molar-refractivity contribution in [3.8, 4) is 0 Å². The number of carboxylic acids is 1. The Morgan fingerprint density at radius 3 is 2.67 bits per heavy atom. The quantitative estimate of drug-likeness (QED) is 0.367. The van der Waals surface area contributed by atoms with E-state index in [-0.39, 0.29) is 18.4 Å². The summed E-state index contributed by atoms with van der Waals surface area (Å²) >= 11 is 0. The van der Waals surface area contributed by atoms with Gasteiger partial charge in [-0.05, 0) is 25.8 Å². The second-order valence-corrected chi connectivity index (χ2v) is 3.22. The van der Waals surface area contributed by atoms with Crippen molar-refractivity contribution < 1.29 is 9.90 Å². The lowest BCUT2D eigenvalue weighted by molar-refractivity contribution is -0.138. The first-order valence-electron chi connectivity index (χ1n) is 4.84. The van der Waals surface area contributed by atoms with E-state index in [9.17, 15) is 4.79 Å². The maximum absolute atomic E-state index is 10.4. The third-order valence-corrected chi connectivity index (χ3v) is 2.06. The molecule has 0 spiro atoms. The van der Waals surface area contributed by atoms with Gasteiger partial charge in [0, 0.05) is 12.3 Å². The van der Waals surface area contributed by atoms with Gasteiger partial charge < -0.3 is 21.6 Å². The van der Waals surface area contributed by atoms with E-state index in [1.165, 1.54) is 6.21 Å². The number of aliphatic carboxylic acids is 1. The summed E-state index contributed by atoms with van der Waals surface area (Å²) in [7, 11) is 0. The predicted molar refractivity (Wildman–Crippen MR) is 63.0 cm³/mol. The lowest BCUT2D eigenvalue weighted by atomic mass is 10.1. The van der Waals surface area contributed by atoms with E-state index in [0.717, 1.165) is 12.8 Å². The Bertz CT molecular complexity index is 186. The van der Waals surface area contributed by atoms with Crippen LogP contribution in [0.2, 0.25) is 0 Å². The first-order valence-corrected chi connectivity index (χ1v) is 4.84. The molecular weight excluding hydrogens is 218 g/mol. The Balaban J connectivity index is 0. The maximum Gasteiger partial charge on any atom is 0.320 e. The van der Waals surface area contributed by atoms with Crippen LogP contribution in [0.25, 0.3) is 0 Å². The summed E-state index contributed by atoms with van der Waals surface area (Å²) in [6.07, 6.45) is 3.42. The number of nitrogens with one attached hydrogen (secondary N) is 2. The molecule has 5 nitrogen and oxygen atoms in total. The number of rotatable bonds is 8. The number of carboxylic acid groups (broad SMARTS) is 1. The van der Waals surface area contributed by atoms with Crippen LogP contribution in [0, 0.1) is 5.41 Å². The molecule has 0 aliphatic carbocycles. The zero-order chi connectivity index (χ0) is 11.0. The van der Waals surface area contributed by atoms with Crippen molar-refractivity contribution in [2.24, 2.45) is 5.73 Å². The highest BCUT2D eigenvalue weighted by Gasteiger charge is 2.10. The van der Waals surface area contributed by atoms with Gasteiger partial charge >= 0.3 is 5.97 Å². The molecule has 0 aromatic carbocycles. The van der Waals surface area contributed by atoms with Gasteiger partial charge in [-0.2, -0.15) is 0 Å². The molecule has 0 aromatic rings. The van der Waals surface area contributed by atoms with Crippen LogP contribution in [-0.4, -0.2) is 35.9 Å². The van der Waals surface area contributed by atoms with E-state index < -0.39 is 12.0 Å². The van der Waals surface area contributed by atoms with Crippen LogP contribution in [0.15, 0.2) is 0 Å². The highest BCUT2D eigenvalue weighted by atomic mass is 35.5. The highest BCUT2D eigenvalue weighted by Crippen LogP contribution is 1.94. The van der Waals surface area contributed by atoms with E-state index in [1.807, 2.05) is 6.92 Å². The van der Waals surface area contributed by atoms with Crippen molar-refractivity contribution in [1.29, 1.82) is 5.41 Å². The summed E-state index contributed by atoms with van der Waals surface area (Å²) in [5.74, 6) is -0.955. The number of hydrogen-bond donors (Lipinski definition) is 4. The molecule has 0 radical (unpaired) electrons. The normalized spacial score (nSPS) is 13.7. The molecule has 5 N–H and O–H groups in total. The number of nitrogens with two attached hydrogens (primary N) is 1. The van der Waals surface area contributed by atoms with Crippen molar-refractivity contribution >= 4 is 24.6 Å². The fourth-order valence-electron chi connectivity index (χ4n) is 1.05. The van der Waals surface area contributed by atoms with Gasteiger partial charge in [-0.15, -0.1) is 12.4 Å². The van der Waals surface area contributed by atoms with E-state index in [2.05, 4.69) is 5.32 Å². The van der Waals surface area contributed by atoms with Crippen molar-refractivity contribution in [2.45, 2.75) is 38.3 Å². The lowest BCUT2D eigenvalue weighted by Gasteiger charge is -2.11. The Hall–Kier alpha value is -0.650. The zero-order valence-electron chi connectivity index (χ0n) is 8.90. The minimum atomic E-state index is -0.955. The predicted octanol–water partition coefficient (Wildman–Crippen LogP) is 0.618. The van der Waals surface area contributed by atoms with Crippen LogP contribution in [0.1, 0.15) is 26.2 Å². The number of hydrogen-bond acceptors (Lipinski definition) is 4. The SMILES string of the molecule is CC[C@@H](C=N)NCCCC(N)C(=O)O.Cl. The molecule has 0 rings (SSSR count).